The quantitative estimate of drug-likeness (QED) is 0.579. The van der Waals surface area contributed by atoms with Gasteiger partial charge in [0.15, 0.2) is 11.5 Å². The largest absolute Gasteiger partial charge is 0.483 e. The van der Waals surface area contributed by atoms with Crippen molar-refractivity contribution in [2.75, 3.05) is 12.1 Å². The number of fused-ring (bicyclic) bond motifs is 3. The lowest BCUT2D eigenvalue weighted by atomic mass is 9.84. The van der Waals surface area contributed by atoms with Crippen molar-refractivity contribution in [3.8, 4) is 11.5 Å². The van der Waals surface area contributed by atoms with Gasteiger partial charge in [0.1, 0.15) is 0 Å². The summed E-state index contributed by atoms with van der Waals surface area (Å²) in [5.74, 6) is 1.40. The van der Waals surface area contributed by atoms with Crippen LogP contribution in [0.5, 0.6) is 11.5 Å². The maximum atomic E-state index is 12.1. The van der Waals surface area contributed by atoms with Gasteiger partial charge in [0.25, 0.3) is 6.47 Å². The number of nitrogens with one attached hydrogen (secondary N) is 2. The third-order valence-corrected chi connectivity index (χ3v) is 4.45. The maximum absolute atomic E-state index is 12.1. The number of carbonyl (C=O) groups is 2. The fraction of sp³-hybridized carbons (Fsp3) is 0.167. The lowest BCUT2D eigenvalue weighted by molar-refractivity contribution is -0.123. The number of carbonyl (C=O) groups excluding carboxylic acids is 1. The van der Waals surface area contributed by atoms with Crippen LogP contribution < -0.4 is 14.8 Å². The van der Waals surface area contributed by atoms with Crippen LogP contribution in [-0.4, -0.2) is 34.5 Å². The minimum absolute atomic E-state index is 0.00562. The molecule has 0 spiro atoms. The van der Waals surface area contributed by atoms with E-state index in [-0.39, 0.29) is 25.1 Å². The highest BCUT2D eigenvalue weighted by molar-refractivity contribution is 5.96. The van der Waals surface area contributed by atoms with Gasteiger partial charge in [-0.3, -0.25) is 14.7 Å². The van der Waals surface area contributed by atoms with Crippen molar-refractivity contribution < 1.29 is 24.2 Å². The van der Waals surface area contributed by atoms with Crippen molar-refractivity contribution in [3.05, 3.63) is 47.7 Å². The average molecular weight is 353 g/mol. The van der Waals surface area contributed by atoms with E-state index in [2.05, 4.69) is 27.6 Å². The normalized spacial score (nSPS) is 17.1. The van der Waals surface area contributed by atoms with E-state index in [4.69, 9.17) is 19.4 Å². The molecule has 3 heterocycles. The van der Waals surface area contributed by atoms with Crippen molar-refractivity contribution in [1.29, 1.82) is 0 Å². The molecule has 0 bridgehead atoms. The molecule has 2 aliphatic rings. The van der Waals surface area contributed by atoms with Crippen LogP contribution in [0.4, 0.5) is 5.69 Å². The molecular formula is C18H15N3O5. The summed E-state index contributed by atoms with van der Waals surface area (Å²) in [6.07, 6.45) is 2.20. The lowest BCUT2D eigenvalue weighted by Crippen LogP contribution is -2.23. The number of aromatic amines is 1. The van der Waals surface area contributed by atoms with Gasteiger partial charge in [-0.05, 0) is 23.3 Å². The van der Waals surface area contributed by atoms with Gasteiger partial charge in [-0.25, -0.2) is 0 Å². The van der Waals surface area contributed by atoms with Crippen molar-refractivity contribution in [1.82, 2.24) is 10.2 Å². The number of hydrogen-bond donors (Lipinski definition) is 3. The zero-order chi connectivity index (χ0) is 18.1. The first-order chi connectivity index (χ1) is 12.7. The van der Waals surface area contributed by atoms with E-state index in [1.54, 1.807) is 6.20 Å². The molecule has 26 heavy (non-hydrogen) atoms. The van der Waals surface area contributed by atoms with E-state index >= 15 is 0 Å². The lowest BCUT2D eigenvalue weighted by Gasteiger charge is -2.26. The Morgan fingerprint density at radius 2 is 1.96 bits per heavy atom. The Hall–Kier alpha value is -3.55. The molecule has 8 heteroatoms. The molecule has 0 aliphatic carbocycles. The summed E-state index contributed by atoms with van der Waals surface area (Å²) < 4.78 is 10.9. The van der Waals surface area contributed by atoms with Crippen LogP contribution in [0.2, 0.25) is 0 Å². The summed E-state index contributed by atoms with van der Waals surface area (Å²) in [4.78, 5) is 20.5. The third kappa shape index (κ3) is 2.71. The zero-order valence-electron chi connectivity index (χ0n) is 13.6. The number of rotatable bonds is 1. The summed E-state index contributed by atoms with van der Waals surface area (Å²) in [5.41, 5.74) is 3.89. The number of benzene rings is 2. The predicted octanol–water partition coefficient (Wildman–Crippen LogP) is 2.47. The van der Waals surface area contributed by atoms with Gasteiger partial charge in [-0.2, -0.15) is 5.10 Å². The van der Waals surface area contributed by atoms with Crippen LogP contribution in [0, 0.1) is 0 Å². The van der Waals surface area contributed by atoms with E-state index in [0.29, 0.717) is 12.2 Å². The number of aromatic nitrogens is 2. The minimum Gasteiger partial charge on any atom is -0.483 e. The molecule has 1 unspecified atom stereocenters. The Bertz CT molecular complexity index is 998. The highest BCUT2D eigenvalue weighted by Gasteiger charge is 2.30. The zero-order valence-corrected chi connectivity index (χ0v) is 13.6. The topological polar surface area (TPSA) is 114 Å². The first-order valence-electron chi connectivity index (χ1n) is 7.94. The molecule has 8 nitrogen and oxygen atoms in total. The Labute approximate surface area is 147 Å². The molecule has 5 rings (SSSR count). The average Bonchev–Trinajstić information content (AvgIpc) is 3.27. The van der Waals surface area contributed by atoms with Crippen LogP contribution in [0.25, 0.3) is 10.9 Å². The summed E-state index contributed by atoms with van der Waals surface area (Å²) >= 11 is 0. The number of ether oxygens (including phenoxy) is 2. The third-order valence-electron chi connectivity index (χ3n) is 4.45. The van der Waals surface area contributed by atoms with E-state index in [0.717, 1.165) is 33.5 Å². The van der Waals surface area contributed by atoms with Crippen molar-refractivity contribution in [2.24, 2.45) is 0 Å². The second-order valence-corrected chi connectivity index (χ2v) is 5.92. The van der Waals surface area contributed by atoms with E-state index in [1.165, 1.54) is 0 Å². The highest BCUT2D eigenvalue weighted by atomic mass is 16.7. The summed E-state index contributed by atoms with van der Waals surface area (Å²) in [6.45, 7) is -0.0308. The number of hydrogen-bond acceptors (Lipinski definition) is 5. The monoisotopic (exact) mass is 353 g/mol. The molecule has 1 amide bonds. The van der Waals surface area contributed by atoms with Gasteiger partial charge in [-0.1, -0.05) is 12.1 Å². The molecular weight excluding hydrogens is 338 g/mol. The molecule has 132 valence electrons. The van der Waals surface area contributed by atoms with Crippen molar-refractivity contribution in [2.45, 2.75) is 12.3 Å². The summed E-state index contributed by atoms with van der Waals surface area (Å²) in [7, 11) is 0. The maximum Gasteiger partial charge on any atom is 0.290 e. The Morgan fingerprint density at radius 3 is 2.77 bits per heavy atom. The summed E-state index contributed by atoms with van der Waals surface area (Å²) in [6, 6.07) is 9.94. The molecule has 3 aromatic rings. The molecule has 2 aliphatic heterocycles. The molecule has 0 saturated carbocycles. The number of anilines is 1. The van der Waals surface area contributed by atoms with Crippen molar-refractivity contribution in [3.63, 3.8) is 0 Å². The van der Waals surface area contributed by atoms with E-state index < -0.39 is 0 Å². The molecule has 0 fully saturated rings. The second-order valence-electron chi connectivity index (χ2n) is 5.92. The van der Waals surface area contributed by atoms with Gasteiger partial charge in [0.05, 0.1) is 11.7 Å². The Balaban J connectivity index is 0.000000527. The molecule has 0 saturated heterocycles. The van der Waals surface area contributed by atoms with Gasteiger partial charge in [0.2, 0.25) is 12.7 Å². The van der Waals surface area contributed by atoms with Gasteiger partial charge >= 0.3 is 0 Å². The Kier molecular flexibility index (Phi) is 3.92. The molecule has 2 aromatic carbocycles. The molecule has 0 radical (unpaired) electrons. The van der Waals surface area contributed by atoms with Crippen molar-refractivity contribution >= 4 is 29.0 Å². The number of amides is 1. The van der Waals surface area contributed by atoms with Crippen LogP contribution >= 0.6 is 0 Å². The fourth-order valence-corrected chi connectivity index (χ4v) is 3.32. The molecule has 1 atom stereocenters. The second kappa shape index (κ2) is 6.40. The van der Waals surface area contributed by atoms with Crippen LogP contribution in [-0.2, 0) is 9.59 Å². The number of H-pyrrole nitrogens is 1. The first kappa shape index (κ1) is 15.9. The standard InChI is InChI=1S/C17H13N3O3.CH2O2/c21-17-5-11(9-1-2-10-7-18-20-13(10)3-9)12-4-15-16(23-8-22-15)6-14(12)19-17;2-1-3/h1-4,6-7,11H,5,8H2,(H,18,20)(H,19,21);1H,(H,2,3). The van der Waals surface area contributed by atoms with Gasteiger partial charge in [-0.15, -0.1) is 0 Å². The SMILES string of the molecule is O=C1CC(c2ccc3cn[nH]c3c2)c2cc3c(cc2N1)OCO3.O=CO. The number of nitrogens with zero attached hydrogens (tertiary/aromatic N) is 1. The highest BCUT2D eigenvalue weighted by Crippen LogP contribution is 2.44. The fourth-order valence-electron chi connectivity index (χ4n) is 3.32. The van der Waals surface area contributed by atoms with Crippen LogP contribution in [0.3, 0.4) is 0 Å². The van der Waals surface area contributed by atoms with Gasteiger partial charge < -0.3 is 19.9 Å². The molecule has 3 N–H and O–H groups in total. The first-order valence-corrected chi connectivity index (χ1v) is 7.94. The predicted molar refractivity (Wildman–Crippen MR) is 92.4 cm³/mol. The van der Waals surface area contributed by atoms with Gasteiger partial charge in [0, 0.05) is 29.5 Å². The summed E-state index contributed by atoms with van der Waals surface area (Å²) in [5, 5.41) is 17.9. The number of carboxylic acid groups (broad SMARTS) is 1. The van der Waals surface area contributed by atoms with Crippen LogP contribution in [0.1, 0.15) is 23.5 Å². The van der Waals surface area contributed by atoms with E-state index in [1.807, 2.05) is 18.2 Å². The van der Waals surface area contributed by atoms with Crippen LogP contribution in [0.15, 0.2) is 36.5 Å². The molecule has 1 aromatic heterocycles. The Morgan fingerprint density at radius 1 is 1.19 bits per heavy atom. The van der Waals surface area contributed by atoms with E-state index in [9.17, 15) is 4.79 Å². The smallest absolute Gasteiger partial charge is 0.290 e. The minimum atomic E-state index is -0.250.